The lowest BCUT2D eigenvalue weighted by atomic mass is 9.99. The van der Waals surface area contributed by atoms with Crippen LogP contribution in [0.4, 0.5) is 14.5 Å². The fourth-order valence-corrected chi connectivity index (χ4v) is 5.19. The molecule has 1 saturated heterocycles. The van der Waals surface area contributed by atoms with Gasteiger partial charge in [-0.25, -0.2) is 22.2 Å². The summed E-state index contributed by atoms with van der Waals surface area (Å²) in [6.45, 7) is 2.08. The standard InChI is InChI=1S/C20H20F2N4O4S/c1-11-9-26(5-4-18(11)27)31(29,30)13-7-14(19-17(8-13)23-10-24-19)20(28)25-12-2-3-15(21)16(22)6-12/h2-3,6-8,10-11,18,27H,4-5,9H2,1H3,(H,23,24)(H,25,28). The van der Waals surface area contributed by atoms with Crippen LogP contribution in [0.25, 0.3) is 11.0 Å². The molecule has 1 aliphatic rings. The summed E-state index contributed by atoms with van der Waals surface area (Å²) in [6, 6.07) is 5.50. The highest BCUT2D eigenvalue weighted by atomic mass is 32.2. The van der Waals surface area contributed by atoms with Gasteiger partial charge < -0.3 is 15.4 Å². The van der Waals surface area contributed by atoms with Gasteiger partial charge in [-0.1, -0.05) is 6.92 Å². The SMILES string of the molecule is CC1CN(S(=O)(=O)c2cc(C(=O)Nc3ccc(F)c(F)c3)c3nc[nH]c3c2)CCC1O. The number of nitrogens with one attached hydrogen (secondary N) is 2. The van der Waals surface area contributed by atoms with Crippen LogP contribution in [0.1, 0.15) is 23.7 Å². The van der Waals surface area contributed by atoms with E-state index in [-0.39, 0.29) is 40.7 Å². The largest absolute Gasteiger partial charge is 0.393 e. The average molecular weight is 450 g/mol. The van der Waals surface area contributed by atoms with E-state index in [1.54, 1.807) is 6.92 Å². The summed E-state index contributed by atoms with van der Waals surface area (Å²) in [6.07, 6.45) is 1.07. The molecule has 4 rings (SSSR count). The fourth-order valence-electron chi connectivity index (χ4n) is 3.58. The topological polar surface area (TPSA) is 115 Å². The second-order valence-electron chi connectivity index (χ2n) is 7.55. The molecule has 0 aliphatic carbocycles. The van der Waals surface area contributed by atoms with Crippen LogP contribution in [-0.4, -0.2) is 52.9 Å². The van der Waals surface area contributed by atoms with Gasteiger partial charge in [0.25, 0.3) is 5.91 Å². The first-order valence-corrected chi connectivity index (χ1v) is 11.0. The van der Waals surface area contributed by atoms with E-state index in [4.69, 9.17) is 0 Å². The Kier molecular flexibility index (Phi) is 5.50. The Morgan fingerprint density at radius 1 is 1.26 bits per heavy atom. The van der Waals surface area contributed by atoms with Crippen molar-refractivity contribution in [3.05, 3.63) is 53.9 Å². The lowest BCUT2D eigenvalue weighted by Crippen LogP contribution is -2.44. The quantitative estimate of drug-likeness (QED) is 0.565. The van der Waals surface area contributed by atoms with E-state index in [1.165, 1.54) is 28.8 Å². The maximum Gasteiger partial charge on any atom is 0.257 e. The van der Waals surface area contributed by atoms with Crippen LogP contribution in [0.5, 0.6) is 0 Å². The van der Waals surface area contributed by atoms with Crippen molar-refractivity contribution in [2.45, 2.75) is 24.3 Å². The van der Waals surface area contributed by atoms with E-state index in [9.17, 15) is 27.1 Å². The van der Waals surface area contributed by atoms with Crippen molar-refractivity contribution in [2.75, 3.05) is 18.4 Å². The number of fused-ring (bicyclic) bond motifs is 1. The third kappa shape index (κ3) is 4.03. The number of piperidine rings is 1. The smallest absolute Gasteiger partial charge is 0.257 e. The lowest BCUT2D eigenvalue weighted by molar-refractivity contribution is 0.0628. The van der Waals surface area contributed by atoms with Crippen molar-refractivity contribution < 1.29 is 27.1 Å². The van der Waals surface area contributed by atoms with Gasteiger partial charge in [0.1, 0.15) is 5.52 Å². The maximum absolute atomic E-state index is 13.5. The van der Waals surface area contributed by atoms with Crippen LogP contribution >= 0.6 is 0 Å². The van der Waals surface area contributed by atoms with E-state index >= 15 is 0 Å². The number of hydrogen-bond acceptors (Lipinski definition) is 5. The van der Waals surface area contributed by atoms with Crippen LogP contribution in [-0.2, 0) is 10.0 Å². The zero-order valence-electron chi connectivity index (χ0n) is 16.5. The van der Waals surface area contributed by atoms with Gasteiger partial charge >= 0.3 is 0 Å². The van der Waals surface area contributed by atoms with Gasteiger partial charge in [0.05, 0.1) is 28.4 Å². The average Bonchev–Trinajstić information content (AvgIpc) is 3.20. The molecule has 8 nitrogen and oxygen atoms in total. The van der Waals surface area contributed by atoms with E-state index < -0.39 is 33.7 Å². The first-order chi connectivity index (χ1) is 14.7. The summed E-state index contributed by atoms with van der Waals surface area (Å²) in [5, 5.41) is 12.3. The predicted molar refractivity (Wildman–Crippen MR) is 109 cm³/mol. The number of amides is 1. The Hall–Kier alpha value is -2.89. The monoisotopic (exact) mass is 450 g/mol. The normalized spacial score (nSPS) is 20.1. The molecule has 0 bridgehead atoms. The van der Waals surface area contributed by atoms with Crippen LogP contribution in [0.2, 0.25) is 0 Å². The highest BCUT2D eigenvalue weighted by Crippen LogP contribution is 2.28. The molecule has 11 heteroatoms. The Morgan fingerprint density at radius 2 is 2.03 bits per heavy atom. The van der Waals surface area contributed by atoms with E-state index in [0.717, 1.165) is 12.1 Å². The van der Waals surface area contributed by atoms with Gasteiger partial charge in [0, 0.05) is 24.8 Å². The molecule has 2 atom stereocenters. The minimum atomic E-state index is -3.94. The highest BCUT2D eigenvalue weighted by Gasteiger charge is 2.33. The lowest BCUT2D eigenvalue weighted by Gasteiger charge is -2.33. The molecular formula is C20H20F2N4O4S. The molecular weight excluding hydrogens is 430 g/mol. The Balaban J connectivity index is 1.71. The third-order valence-corrected chi connectivity index (χ3v) is 7.22. The third-order valence-electron chi connectivity index (χ3n) is 5.38. The van der Waals surface area contributed by atoms with Gasteiger partial charge in [-0.15, -0.1) is 0 Å². The summed E-state index contributed by atoms with van der Waals surface area (Å²) in [4.78, 5) is 19.6. The highest BCUT2D eigenvalue weighted by molar-refractivity contribution is 7.89. The number of anilines is 1. The second-order valence-corrected chi connectivity index (χ2v) is 9.49. The van der Waals surface area contributed by atoms with Gasteiger partial charge in [-0.2, -0.15) is 4.31 Å². The van der Waals surface area contributed by atoms with Crippen molar-refractivity contribution in [1.82, 2.24) is 14.3 Å². The number of hydrogen-bond donors (Lipinski definition) is 3. The zero-order valence-corrected chi connectivity index (χ0v) is 17.3. The van der Waals surface area contributed by atoms with E-state index in [2.05, 4.69) is 15.3 Å². The molecule has 2 aromatic carbocycles. The first kappa shape index (κ1) is 21.3. The summed E-state index contributed by atoms with van der Waals surface area (Å²) in [5.41, 5.74) is 0.551. The number of aromatic nitrogens is 2. The molecule has 3 aromatic rings. The zero-order chi connectivity index (χ0) is 22.3. The summed E-state index contributed by atoms with van der Waals surface area (Å²) in [7, 11) is -3.94. The number of rotatable bonds is 4. The van der Waals surface area contributed by atoms with Crippen molar-refractivity contribution >= 4 is 32.7 Å². The number of carbonyl (C=O) groups excluding carboxylic acids is 1. The Morgan fingerprint density at radius 3 is 2.74 bits per heavy atom. The van der Waals surface area contributed by atoms with Crippen molar-refractivity contribution in [3.63, 3.8) is 0 Å². The van der Waals surface area contributed by atoms with Gasteiger partial charge in [-0.05, 0) is 36.6 Å². The number of aliphatic hydroxyl groups excluding tert-OH is 1. The number of imidazole rings is 1. The number of nitrogens with zero attached hydrogens (tertiary/aromatic N) is 2. The Bertz CT molecular complexity index is 1260. The van der Waals surface area contributed by atoms with Crippen LogP contribution in [0.15, 0.2) is 41.6 Å². The number of halogens is 2. The number of benzene rings is 2. The molecule has 2 heterocycles. The van der Waals surface area contributed by atoms with Crippen LogP contribution in [0, 0.1) is 17.6 Å². The summed E-state index contributed by atoms with van der Waals surface area (Å²) in [5.74, 6) is -3.12. The minimum Gasteiger partial charge on any atom is -0.393 e. The van der Waals surface area contributed by atoms with Crippen molar-refractivity contribution in [1.29, 1.82) is 0 Å². The molecule has 164 valence electrons. The number of carbonyl (C=O) groups is 1. The number of sulfonamides is 1. The summed E-state index contributed by atoms with van der Waals surface area (Å²) >= 11 is 0. The van der Waals surface area contributed by atoms with Gasteiger partial charge in [0.15, 0.2) is 11.6 Å². The molecule has 3 N–H and O–H groups in total. The molecule has 0 spiro atoms. The Labute approximate surface area is 177 Å². The number of aromatic amines is 1. The maximum atomic E-state index is 13.5. The predicted octanol–water partition coefficient (Wildman–Crippen LogP) is 2.48. The first-order valence-electron chi connectivity index (χ1n) is 9.58. The van der Waals surface area contributed by atoms with Gasteiger partial charge in [-0.3, -0.25) is 4.79 Å². The van der Waals surface area contributed by atoms with Gasteiger partial charge in [0.2, 0.25) is 10.0 Å². The van der Waals surface area contributed by atoms with E-state index in [1.807, 2.05) is 0 Å². The summed E-state index contributed by atoms with van der Waals surface area (Å²) < 4.78 is 54.3. The van der Waals surface area contributed by atoms with Crippen molar-refractivity contribution in [2.24, 2.45) is 5.92 Å². The molecule has 1 amide bonds. The van der Waals surface area contributed by atoms with Crippen LogP contribution in [0.3, 0.4) is 0 Å². The van der Waals surface area contributed by atoms with Crippen LogP contribution < -0.4 is 5.32 Å². The molecule has 0 saturated carbocycles. The number of aliphatic hydroxyl groups is 1. The van der Waals surface area contributed by atoms with E-state index in [0.29, 0.717) is 11.9 Å². The molecule has 2 unspecified atom stereocenters. The van der Waals surface area contributed by atoms with Crippen molar-refractivity contribution in [3.8, 4) is 0 Å². The molecule has 1 aromatic heterocycles. The second kappa shape index (κ2) is 7.98. The fraction of sp³-hybridized carbons (Fsp3) is 0.300. The molecule has 1 aliphatic heterocycles. The molecule has 1 fully saturated rings. The minimum absolute atomic E-state index is 0.0136. The molecule has 31 heavy (non-hydrogen) atoms. The number of H-pyrrole nitrogens is 1. The molecule has 0 radical (unpaired) electrons.